The number of likely N-dealkylation sites (tertiary alicyclic amines) is 1. The van der Waals surface area contributed by atoms with Crippen LogP contribution >= 0.6 is 0 Å². The number of methoxy groups -OCH3 is 1. The van der Waals surface area contributed by atoms with Crippen molar-refractivity contribution in [3.8, 4) is 0 Å². The molecule has 3 unspecified atom stereocenters. The Labute approximate surface area is 178 Å². The fraction of sp³-hybridized carbons (Fsp3) is 0.500. The summed E-state index contributed by atoms with van der Waals surface area (Å²) in [6, 6.07) is 18.0. The minimum atomic E-state index is -1.86. The maximum absolute atomic E-state index is 15.3. The molecule has 158 valence electrons. The van der Waals surface area contributed by atoms with E-state index in [4.69, 9.17) is 4.74 Å². The summed E-state index contributed by atoms with van der Waals surface area (Å²) in [5.41, 5.74) is 4.00. The van der Waals surface area contributed by atoms with Gasteiger partial charge in [0.25, 0.3) is 0 Å². The number of rotatable bonds is 2. The van der Waals surface area contributed by atoms with E-state index < -0.39 is 11.6 Å². The zero-order valence-corrected chi connectivity index (χ0v) is 17.7. The molecule has 1 aliphatic heterocycles. The average molecular weight is 408 g/mol. The maximum Gasteiger partial charge on any atom is 0.344 e. The van der Waals surface area contributed by atoms with Crippen LogP contribution < -0.4 is 0 Å². The minimum absolute atomic E-state index is 0.0928. The monoisotopic (exact) mass is 407 g/mol. The van der Waals surface area contributed by atoms with E-state index in [0.29, 0.717) is 12.5 Å². The standard InChI is InChI=1S/C26H30FNO2/c1-30-24(29)26(27)12-6-14-28(18-26)22-11-13-25(17-22)16-21-9-3-2-7-19(21)15-20-8-4-5-10-23(20)25/h2-5,7-10,22H,6,11-18H2,1H3. The third kappa shape index (κ3) is 3.26. The number of alkyl halides is 1. The first kappa shape index (κ1) is 19.7. The van der Waals surface area contributed by atoms with Crippen LogP contribution in [0.2, 0.25) is 0 Å². The highest BCUT2D eigenvalue weighted by atomic mass is 19.1. The smallest absolute Gasteiger partial charge is 0.344 e. The van der Waals surface area contributed by atoms with Gasteiger partial charge in [0.1, 0.15) is 0 Å². The number of esters is 1. The summed E-state index contributed by atoms with van der Waals surface area (Å²) in [5, 5.41) is 0. The first-order valence-electron chi connectivity index (χ1n) is 11.2. The summed E-state index contributed by atoms with van der Waals surface area (Å²) in [5.74, 6) is -0.714. The lowest BCUT2D eigenvalue weighted by Gasteiger charge is -2.40. The molecule has 0 N–H and O–H groups in total. The van der Waals surface area contributed by atoms with Gasteiger partial charge in [-0.25, -0.2) is 9.18 Å². The van der Waals surface area contributed by atoms with Crippen molar-refractivity contribution in [1.82, 2.24) is 4.90 Å². The zero-order chi connectivity index (χ0) is 20.8. The van der Waals surface area contributed by atoms with Crippen LogP contribution in [-0.2, 0) is 27.8 Å². The number of carbonyl (C=O) groups is 1. The van der Waals surface area contributed by atoms with Crippen molar-refractivity contribution < 1.29 is 13.9 Å². The number of ether oxygens (including phenoxy) is 1. The molecule has 1 spiro atoms. The normalized spacial score (nSPS) is 31.1. The van der Waals surface area contributed by atoms with Crippen LogP contribution in [0, 0.1) is 0 Å². The fourth-order valence-corrected chi connectivity index (χ4v) is 6.28. The molecule has 3 nitrogen and oxygen atoms in total. The first-order chi connectivity index (χ1) is 14.5. The summed E-state index contributed by atoms with van der Waals surface area (Å²) in [7, 11) is 1.28. The summed E-state index contributed by atoms with van der Waals surface area (Å²) in [6.45, 7) is 1.03. The summed E-state index contributed by atoms with van der Waals surface area (Å²) < 4.78 is 20.1. The molecule has 2 aromatic carbocycles. The van der Waals surface area contributed by atoms with Crippen LogP contribution in [0.5, 0.6) is 0 Å². The molecule has 0 radical (unpaired) electrons. The minimum Gasteiger partial charge on any atom is -0.467 e. The predicted molar refractivity (Wildman–Crippen MR) is 115 cm³/mol. The van der Waals surface area contributed by atoms with Gasteiger partial charge in [-0.15, -0.1) is 0 Å². The van der Waals surface area contributed by atoms with Crippen LogP contribution in [0.4, 0.5) is 4.39 Å². The van der Waals surface area contributed by atoms with Gasteiger partial charge in [0.05, 0.1) is 7.11 Å². The van der Waals surface area contributed by atoms with E-state index in [0.717, 1.165) is 38.6 Å². The third-order valence-electron chi connectivity index (χ3n) is 7.74. The van der Waals surface area contributed by atoms with E-state index in [9.17, 15) is 4.79 Å². The lowest BCUT2D eigenvalue weighted by Crippen LogP contribution is -2.53. The van der Waals surface area contributed by atoms with Crippen molar-refractivity contribution in [3.63, 3.8) is 0 Å². The van der Waals surface area contributed by atoms with Crippen molar-refractivity contribution in [2.24, 2.45) is 0 Å². The van der Waals surface area contributed by atoms with Crippen molar-refractivity contribution in [2.45, 2.75) is 62.1 Å². The highest BCUT2D eigenvalue weighted by molar-refractivity contribution is 5.79. The number of hydrogen-bond donors (Lipinski definition) is 0. The molecule has 5 rings (SSSR count). The highest BCUT2D eigenvalue weighted by Crippen LogP contribution is 2.49. The van der Waals surface area contributed by atoms with Crippen LogP contribution in [0.15, 0.2) is 48.5 Å². The Kier molecular flexibility index (Phi) is 4.93. The van der Waals surface area contributed by atoms with Gasteiger partial charge in [0, 0.05) is 18.0 Å². The average Bonchev–Trinajstić information content (AvgIpc) is 3.14. The van der Waals surface area contributed by atoms with Gasteiger partial charge in [0.2, 0.25) is 5.67 Å². The second-order valence-electron chi connectivity index (χ2n) is 9.49. The van der Waals surface area contributed by atoms with E-state index in [-0.39, 0.29) is 18.4 Å². The Bertz CT molecular complexity index is 960. The Hall–Kier alpha value is -2.20. The Morgan fingerprint density at radius 3 is 2.60 bits per heavy atom. The molecule has 3 atom stereocenters. The fourth-order valence-electron chi connectivity index (χ4n) is 6.28. The second-order valence-corrected chi connectivity index (χ2v) is 9.49. The van der Waals surface area contributed by atoms with Gasteiger partial charge in [0.15, 0.2) is 0 Å². The summed E-state index contributed by atoms with van der Waals surface area (Å²) in [4.78, 5) is 14.3. The Morgan fingerprint density at radius 1 is 1.07 bits per heavy atom. The maximum atomic E-state index is 15.3. The molecule has 1 heterocycles. The van der Waals surface area contributed by atoms with Crippen LogP contribution in [-0.4, -0.2) is 42.8 Å². The molecule has 0 amide bonds. The lowest BCUT2D eigenvalue weighted by molar-refractivity contribution is -0.159. The number of fused-ring (bicyclic) bond motifs is 3. The van der Waals surface area contributed by atoms with Crippen molar-refractivity contribution in [2.75, 3.05) is 20.2 Å². The van der Waals surface area contributed by atoms with Crippen molar-refractivity contribution >= 4 is 5.97 Å². The molecule has 30 heavy (non-hydrogen) atoms. The molecule has 0 bridgehead atoms. The molecule has 1 saturated heterocycles. The lowest BCUT2D eigenvalue weighted by atomic mass is 9.73. The largest absolute Gasteiger partial charge is 0.467 e. The van der Waals surface area contributed by atoms with Gasteiger partial charge in [-0.3, -0.25) is 4.90 Å². The molecule has 4 heteroatoms. The number of piperidine rings is 1. The summed E-state index contributed by atoms with van der Waals surface area (Å²) >= 11 is 0. The van der Waals surface area contributed by atoms with Gasteiger partial charge in [-0.1, -0.05) is 48.5 Å². The molecule has 2 aromatic rings. The number of carbonyl (C=O) groups excluding carboxylic acids is 1. The molecule has 2 fully saturated rings. The molecule has 2 aliphatic carbocycles. The van der Waals surface area contributed by atoms with E-state index in [1.807, 2.05) is 0 Å². The predicted octanol–water partition coefficient (Wildman–Crippen LogP) is 4.60. The molecular formula is C26H30FNO2. The topological polar surface area (TPSA) is 29.5 Å². The van der Waals surface area contributed by atoms with E-state index >= 15 is 4.39 Å². The Balaban J connectivity index is 1.45. The van der Waals surface area contributed by atoms with Crippen molar-refractivity contribution in [1.29, 1.82) is 0 Å². The highest BCUT2D eigenvalue weighted by Gasteiger charge is 2.49. The quantitative estimate of drug-likeness (QED) is 0.682. The van der Waals surface area contributed by atoms with Crippen LogP contribution in [0.3, 0.4) is 0 Å². The first-order valence-corrected chi connectivity index (χ1v) is 11.2. The van der Waals surface area contributed by atoms with Gasteiger partial charge < -0.3 is 4.74 Å². The van der Waals surface area contributed by atoms with E-state index in [1.54, 1.807) is 0 Å². The molecule has 0 aromatic heterocycles. The molecular weight excluding hydrogens is 377 g/mol. The molecule has 1 saturated carbocycles. The van der Waals surface area contributed by atoms with E-state index in [2.05, 4.69) is 53.4 Å². The van der Waals surface area contributed by atoms with Gasteiger partial charge in [-0.2, -0.15) is 0 Å². The van der Waals surface area contributed by atoms with Crippen LogP contribution in [0.1, 0.15) is 54.4 Å². The molecule has 3 aliphatic rings. The SMILES string of the molecule is COC(=O)C1(F)CCCN(C2CCC3(Cc4ccccc4Cc4ccccc43)C2)C1. The number of hydrogen-bond acceptors (Lipinski definition) is 3. The van der Waals surface area contributed by atoms with Gasteiger partial charge >= 0.3 is 5.97 Å². The number of nitrogens with zero attached hydrogens (tertiary/aromatic N) is 1. The number of halogens is 1. The Morgan fingerprint density at radius 2 is 1.80 bits per heavy atom. The zero-order valence-electron chi connectivity index (χ0n) is 17.7. The second kappa shape index (κ2) is 7.49. The van der Waals surface area contributed by atoms with Crippen LogP contribution in [0.25, 0.3) is 0 Å². The number of benzene rings is 2. The summed E-state index contributed by atoms with van der Waals surface area (Å²) in [6.07, 6.45) is 6.18. The van der Waals surface area contributed by atoms with Crippen molar-refractivity contribution in [3.05, 3.63) is 70.8 Å². The van der Waals surface area contributed by atoms with E-state index in [1.165, 1.54) is 29.4 Å². The van der Waals surface area contributed by atoms with Gasteiger partial charge in [-0.05, 0) is 73.7 Å². The third-order valence-corrected chi connectivity index (χ3v) is 7.74.